The minimum absolute atomic E-state index is 0.170. The van der Waals surface area contributed by atoms with Gasteiger partial charge in [0, 0.05) is 16.4 Å². The first-order valence-electron chi connectivity index (χ1n) is 18.6. The summed E-state index contributed by atoms with van der Waals surface area (Å²) in [6, 6.07) is -0.218. The Balaban J connectivity index is 1.46. The van der Waals surface area contributed by atoms with Crippen molar-refractivity contribution in [2.45, 2.75) is 132 Å². The van der Waals surface area contributed by atoms with Gasteiger partial charge in [0.05, 0.1) is 37.9 Å². The van der Waals surface area contributed by atoms with Gasteiger partial charge in [-0.1, -0.05) is 74.0 Å². The summed E-state index contributed by atoms with van der Waals surface area (Å²) in [6.45, 7) is 23.7. The molecule has 12 atom stereocenters. The Morgan fingerprint density at radius 2 is 1.83 bits per heavy atom. The number of fused-ring (bicyclic) bond motifs is 3. The molecule has 4 fully saturated rings. The molecule has 0 amide bonds. The highest BCUT2D eigenvalue weighted by Crippen LogP contribution is 2.75. The molecule has 0 aromatic carbocycles. The van der Waals surface area contributed by atoms with E-state index >= 15 is 0 Å². The second kappa shape index (κ2) is 11.8. The monoisotopic (exact) mass is 669 g/mol. The number of aliphatic hydroxyl groups is 1. The van der Waals surface area contributed by atoms with Crippen LogP contribution in [0.1, 0.15) is 120 Å². The van der Waals surface area contributed by atoms with Crippen molar-refractivity contribution in [3.05, 3.63) is 17.5 Å². The second-order valence-corrected chi connectivity index (χ2v) is 18.7. The van der Waals surface area contributed by atoms with Crippen molar-refractivity contribution in [3.8, 4) is 0 Å². The van der Waals surface area contributed by atoms with E-state index in [1.807, 2.05) is 11.6 Å². The van der Waals surface area contributed by atoms with E-state index in [0.717, 1.165) is 38.5 Å². The zero-order chi connectivity index (χ0) is 35.2. The fourth-order valence-electron chi connectivity index (χ4n) is 12.1. The van der Waals surface area contributed by atoms with E-state index in [1.54, 1.807) is 0 Å². The number of carbonyl (C=O) groups is 1. The number of aromatic nitrogens is 4. The Morgan fingerprint density at radius 1 is 1.12 bits per heavy atom. The first-order valence-corrected chi connectivity index (χ1v) is 18.6. The number of rotatable bonds is 9. The molecule has 1 saturated heterocycles. The van der Waals surface area contributed by atoms with Gasteiger partial charge in [-0.3, -0.25) is 4.79 Å². The lowest BCUT2D eigenvalue weighted by Crippen LogP contribution is -2.69. The molecule has 0 spiro atoms. The van der Waals surface area contributed by atoms with Crippen LogP contribution >= 0.6 is 0 Å². The summed E-state index contributed by atoms with van der Waals surface area (Å²) >= 11 is 0. The maximum atomic E-state index is 13.4. The van der Waals surface area contributed by atoms with Gasteiger partial charge in [0.1, 0.15) is 6.61 Å². The van der Waals surface area contributed by atoms with E-state index in [1.165, 1.54) is 5.57 Å². The summed E-state index contributed by atoms with van der Waals surface area (Å²) in [5.74, 6) is 0.873. The minimum Gasteiger partial charge on any atom is -0.481 e. The van der Waals surface area contributed by atoms with Crippen LogP contribution in [0.15, 0.2) is 11.6 Å². The van der Waals surface area contributed by atoms with Gasteiger partial charge >= 0.3 is 5.97 Å². The van der Waals surface area contributed by atoms with Crippen LogP contribution in [0.2, 0.25) is 0 Å². The summed E-state index contributed by atoms with van der Waals surface area (Å²) in [7, 11) is 0. The van der Waals surface area contributed by atoms with Crippen molar-refractivity contribution in [1.29, 1.82) is 0 Å². The van der Waals surface area contributed by atoms with Crippen LogP contribution in [0.4, 0.5) is 0 Å². The highest BCUT2D eigenvalue weighted by Gasteiger charge is 2.72. The Hall–Kier alpha value is -1.88. The first-order chi connectivity index (χ1) is 22.3. The third-order valence-electron chi connectivity index (χ3n) is 16.0. The summed E-state index contributed by atoms with van der Waals surface area (Å²) in [6.07, 6.45) is 7.68. The van der Waals surface area contributed by atoms with E-state index < -0.39 is 17.4 Å². The number of nitrogens with two attached hydrogens (primary N) is 1. The molecular formula is C38H63N5O5. The molecule has 2 heterocycles. The molecule has 2 bridgehead atoms. The number of carboxylic acid groups (broad SMARTS) is 1. The fraction of sp³-hybridized carbons (Fsp3) is 0.895. The average molecular weight is 670 g/mol. The molecule has 10 heteroatoms. The smallest absolute Gasteiger partial charge is 0.307 e. The van der Waals surface area contributed by atoms with Crippen LogP contribution < -0.4 is 5.73 Å². The van der Waals surface area contributed by atoms with E-state index in [9.17, 15) is 15.0 Å². The van der Waals surface area contributed by atoms with E-state index in [-0.39, 0.29) is 57.7 Å². The molecule has 1 aromatic heterocycles. The normalized spacial score (nSPS) is 44.3. The molecule has 10 nitrogen and oxygen atoms in total. The molecule has 5 aliphatic rings. The number of tetrazole rings is 1. The highest BCUT2D eigenvalue weighted by molar-refractivity contribution is 5.73. The molecule has 270 valence electrons. The number of aliphatic hydroxyl groups excluding tert-OH is 1. The maximum Gasteiger partial charge on any atom is 0.307 e. The van der Waals surface area contributed by atoms with Crippen molar-refractivity contribution >= 4 is 5.97 Å². The topological polar surface area (TPSA) is 146 Å². The zero-order valence-corrected chi connectivity index (χ0v) is 31.3. The van der Waals surface area contributed by atoms with Crippen molar-refractivity contribution in [2.24, 2.45) is 68.3 Å². The summed E-state index contributed by atoms with van der Waals surface area (Å²) in [4.78, 5) is 13.4. The van der Waals surface area contributed by atoms with Gasteiger partial charge in [0.25, 0.3) is 0 Å². The van der Waals surface area contributed by atoms with Crippen molar-refractivity contribution in [1.82, 2.24) is 20.2 Å². The van der Waals surface area contributed by atoms with Crippen LogP contribution in [0.5, 0.6) is 0 Å². The fourth-order valence-corrected chi connectivity index (χ4v) is 12.1. The molecule has 1 aliphatic heterocycles. The van der Waals surface area contributed by atoms with Gasteiger partial charge in [0.15, 0.2) is 5.82 Å². The molecular weight excluding hydrogens is 606 g/mol. The lowest BCUT2D eigenvalue weighted by molar-refractivity contribution is -0.253. The minimum atomic E-state index is -0.642. The van der Waals surface area contributed by atoms with E-state index in [4.69, 9.17) is 15.2 Å². The SMILES string of the molecule is CC(C)[C@@H](C)[C@@]1(C)CC[C@]2(C)[C@H]3CC[C@@H]4C5(COC[C@]4(C)[C@@H](OC[C@](C)(N)C(C)C)[C@H](n4nnnc4CO)C5)C3=CC[C@@]2(C)[C@@H]1C(=O)O. The number of hydrogen-bond donors (Lipinski definition) is 3. The number of ether oxygens (including phenoxy) is 2. The average Bonchev–Trinajstić information content (AvgIpc) is 3.49. The summed E-state index contributed by atoms with van der Waals surface area (Å²) in [5.41, 5.74) is 6.27. The van der Waals surface area contributed by atoms with Crippen LogP contribution in [-0.2, 0) is 20.9 Å². The quantitative estimate of drug-likeness (QED) is 0.267. The van der Waals surface area contributed by atoms with Gasteiger partial charge in [-0.05, 0) is 102 Å². The van der Waals surface area contributed by atoms with Gasteiger partial charge in [-0.15, -0.1) is 5.10 Å². The first kappa shape index (κ1) is 35.9. The lowest BCUT2D eigenvalue weighted by atomic mass is 9.34. The number of nitrogens with zero attached hydrogens (tertiary/aromatic N) is 4. The predicted octanol–water partition coefficient (Wildman–Crippen LogP) is 6.05. The third-order valence-corrected chi connectivity index (χ3v) is 16.0. The molecule has 3 saturated carbocycles. The standard InChI is InChI=1S/C38H63N5O5/c1-22(2)24(5)33(6)15-16-35(8)25-11-12-28-34(7)19-47-21-38(28,26(25)13-14-36(35,9)30(33)32(45)46)17-27(43-29(18-44)40-41-42-43)31(34)48-20-37(10,39)23(3)4/h13,22-25,27-28,30-31,44H,11-12,14-21,39H2,1-10H3,(H,45,46)/t24-,25+,27-,28+,30-,31+,33-,34+,35-,36+,37+,38?/m1/s1. The third kappa shape index (κ3) is 4.85. The van der Waals surface area contributed by atoms with Crippen LogP contribution in [0.3, 0.4) is 0 Å². The Morgan fingerprint density at radius 3 is 2.46 bits per heavy atom. The van der Waals surface area contributed by atoms with Crippen LogP contribution in [0.25, 0.3) is 0 Å². The summed E-state index contributed by atoms with van der Waals surface area (Å²) < 4.78 is 15.4. The van der Waals surface area contributed by atoms with Crippen LogP contribution in [-0.4, -0.2) is 67.9 Å². The molecule has 4 N–H and O–H groups in total. The summed E-state index contributed by atoms with van der Waals surface area (Å²) in [5, 5.41) is 34.0. The van der Waals surface area contributed by atoms with Crippen molar-refractivity contribution in [2.75, 3.05) is 19.8 Å². The Kier molecular flexibility index (Phi) is 8.86. The Bertz CT molecular complexity index is 1430. The van der Waals surface area contributed by atoms with E-state index in [0.29, 0.717) is 43.4 Å². The highest BCUT2D eigenvalue weighted by atomic mass is 16.5. The molecule has 1 aromatic rings. The van der Waals surface area contributed by atoms with E-state index in [2.05, 4.69) is 83.9 Å². The van der Waals surface area contributed by atoms with Crippen LogP contribution in [0, 0.1) is 62.6 Å². The predicted molar refractivity (Wildman–Crippen MR) is 184 cm³/mol. The Labute approximate surface area is 288 Å². The van der Waals surface area contributed by atoms with Crippen molar-refractivity contribution in [3.63, 3.8) is 0 Å². The largest absolute Gasteiger partial charge is 0.481 e. The lowest BCUT2D eigenvalue weighted by Gasteiger charge is -2.71. The second-order valence-electron chi connectivity index (χ2n) is 18.7. The molecule has 4 aliphatic carbocycles. The zero-order valence-electron chi connectivity index (χ0n) is 31.3. The van der Waals surface area contributed by atoms with Gasteiger partial charge in [-0.25, -0.2) is 4.68 Å². The molecule has 48 heavy (non-hydrogen) atoms. The maximum absolute atomic E-state index is 13.4. The number of hydrogen-bond acceptors (Lipinski definition) is 8. The van der Waals surface area contributed by atoms with Gasteiger partial charge in [-0.2, -0.15) is 0 Å². The van der Waals surface area contributed by atoms with Gasteiger partial charge in [0.2, 0.25) is 0 Å². The number of allylic oxidation sites excluding steroid dienone is 1. The molecule has 0 radical (unpaired) electrons. The number of carboxylic acids is 1. The number of aliphatic carboxylic acids is 1. The molecule has 1 unspecified atom stereocenters. The van der Waals surface area contributed by atoms with Gasteiger partial charge < -0.3 is 25.4 Å². The molecule has 6 rings (SSSR count). The van der Waals surface area contributed by atoms with Crippen molar-refractivity contribution < 1.29 is 24.5 Å².